The highest BCUT2D eigenvalue weighted by molar-refractivity contribution is 7.15. The second-order valence-electron chi connectivity index (χ2n) is 3.12. The van der Waals surface area contributed by atoms with Crippen LogP contribution >= 0.6 is 22.9 Å². The van der Waals surface area contributed by atoms with Gasteiger partial charge in [0, 0.05) is 17.6 Å². The first kappa shape index (κ1) is 9.96. The molecule has 76 valence electrons. The first-order valence-corrected chi connectivity index (χ1v) is 5.84. The van der Waals surface area contributed by atoms with E-state index in [0.717, 1.165) is 17.2 Å². The zero-order valence-corrected chi connectivity index (χ0v) is 9.69. The average Bonchev–Trinajstić information content (AvgIpc) is 2.63. The maximum absolute atomic E-state index is 6.07. The molecule has 1 N–H and O–H groups in total. The quantitative estimate of drug-likeness (QED) is 0.877. The highest BCUT2D eigenvalue weighted by atomic mass is 35.5. The van der Waals surface area contributed by atoms with Crippen LogP contribution in [0.15, 0.2) is 11.6 Å². The van der Waals surface area contributed by atoms with Gasteiger partial charge >= 0.3 is 0 Å². The second-order valence-corrected chi connectivity index (χ2v) is 4.35. The monoisotopic (exact) mass is 229 g/mol. The van der Waals surface area contributed by atoms with Crippen LogP contribution in [-0.2, 0) is 0 Å². The number of rotatable bonds is 3. The van der Waals surface area contributed by atoms with Crippen molar-refractivity contribution in [3.05, 3.63) is 22.4 Å². The summed E-state index contributed by atoms with van der Waals surface area (Å²) in [5, 5.41) is 5.95. The SMILES string of the molecule is CCNC(C)c1c(Cl)nc2sccn12. The maximum Gasteiger partial charge on any atom is 0.195 e. The van der Waals surface area contributed by atoms with Crippen molar-refractivity contribution in [1.29, 1.82) is 0 Å². The molecule has 2 aromatic rings. The van der Waals surface area contributed by atoms with E-state index in [0.29, 0.717) is 5.15 Å². The summed E-state index contributed by atoms with van der Waals surface area (Å²) in [4.78, 5) is 5.24. The highest BCUT2D eigenvalue weighted by Gasteiger charge is 2.16. The van der Waals surface area contributed by atoms with Gasteiger partial charge in [0.05, 0.1) is 5.69 Å². The van der Waals surface area contributed by atoms with Crippen LogP contribution in [0.4, 0.5) is 0 Å². The summed E-state index contributed by atoms with van der Waals surface area (Å²) in [6, 6.07) is 0.233. The fourth-order valence-corrected chi connectivity index (χ4v) is 2.67. The molecule has 0 spiro atoms. The normalized spacial score (nSPS) is 13.6. The molecule has 1 unspecified atom stereocenters. The summed E-state index contributed by atoms with van der Waals surface area (Å²) in [5.41, 5.74) is 1.05. The van der Waals surface area contributed by atoms with Crippen LogP contribution in [0.5, 0.6) is 0 Å². The van der Waals surface area contributed by atoms with Crippen molar-refractivity contribution in [1.82, 2.24) is 14.7 Å². The van der Waals surface area contributed by atoms with Crippen LogP contribution in [0.3, 0.4) is 0 Å². The van der Waals surface area contributed by atoms with E-state index in [9.17, 15) is 0 Å². The fourth-order valence-electron chi connectivity index (χ4n) is 1.57. The Morgan fingerprint density at radius 1 is 1.71 bits per heavy atom. The van der Waals surface area contributed by atoms with Crippen molar-refractivity contribution >= 4 is 27.9 Å². The van der Waals surface area contributed by atoms with E-state index in [1.807, 2.05) is 16.0 Å². The lowest BCUT2D eigenvalue weighted by Crippen LogP contribution is -2.19. The Balaban J connectivity index is 2.47. The van der Waals surface area contributed by atoms with Crippen molar-refractivity contribution in [3.8, 4) is 0 Å². The Morgan fingerprint density at radius 3 is 3.21 bits per heavy atom. The van der Waals surface area contributed by atoms with Gasteiger partial charge in [-0.05, 0) is 13.5 Å². The Labute approximate surface area is 91.7 Å². The third-order valence-corrected chi connectivity index (χ3v) is 3.21. The molecule has 3 nitrogen and oxygen atoms in total. The summed E-state index contributed by atoms with van der Waals surface area (Å²) >= 11 is 7.67. The van der Waals surface area contributed by atoms with Crippen molar-refractivity contribution < 1.29 is 0 Å². The number of nitrogens with zero attached hydrogens (tertiary/aromatic N) is 2. The minimum Gasteiger partial charge on any atom is -0.309 e. The third-order valence-electron chi connectivity index (χ3n) is 2.17. The van der Waals surface area contributed by atoms with Gasteiger partial charge in [-0.1, -0.05) is 18.5 Å². The smallest absolute Gasteiger partial charge is 0.195 e. The Kier molecular flexibility index (Phi) is 2.76. The molecule has 0 aliphatic heterocycles. The van der Waals surface area contributed by atoms with E-state index in [2.05, 4.69) is 24.1 Å². The van der Waals surface area contributed by atoms with E-state index in [4.69, 9.17) is 11.6 Å². The molecular formula is C9H12ClN3S. The van der Waals surface area contributed by atoms with E-state index < -0.39 is 0 Å². The van der Waals surface area contributed by atoms with Gasteiger partial charge in [-0.25, -0.2) is 4.98 Å². The third kappa shape index (κ3) is 1.54. The molecule has 1 atom stereocenters. The summed E-state index contributed by atoms with van der Waals surface area (Å²) < 4.78 is 2.04. The van der Waals surface area contributed by atoms with E-state index in [-0.39, 0.29) is 6.04 Å². The first-order chi connectivity index (χ1) is 6.74. The highest BCUT2D eigenvalue weighted by Crippen LogP contribution is 2.26. The number of fused-ring (bicyclic) bond motifs is 1. The first-order valence-electron chi connectivity index (χ1n) is 4.58. The van der Waals surface area contributed by atoms with Crippen LogP contribution in [-0.4, -0.2) is 15.9 Å². The van der Waals surface area contributed by atoms with Gasteiger partial charge in [-0.15, -0.1) is 11.3 Å². The number of hydrogen-bond donors (Lipinski definition) is 1. The molecular weight excluding hydrogens is 218 g/mol. The summed E-state index contributed by atoms with van der Waals surface area (Å²) in [6.07, 6.45) is 2.00. The van der Waals surface area contributed by atoms with Crippen LogP contribution in [0.2, 0.25) is 5.15 Å². The number of imidazole rings is 1. The summed E-state index contributed by atoms with van der Waals surface area (Å²) in [7, 11) is 0. The number of aromatic nitrogens is 2. The molecule has 0 bridgehead atoms. The number of thiazole rings is 1. The van der Waals surface area contributed by atoms with Gasteiger partial charge in [-0.3, -0.25) is 4.40 Å². The van der Waals surface area contributed by atoms with Gasteiger partial charge in [0.15, 0.2) is 10.1 Å². The van der Waals surface area contributed by atoms with E-state index in [1.54, 1.807) is 11.3 Å². The standard InChI is InChI=1S/C9H12ClN3S/c1-3-11-6(2)7-8(10)12-9-13(7)4-5-14-9/h4-6,11H,3H2,1-2H3. The average molecular weight is 230 g/mol. The molecule has 0 amide bonds. The van der Waals surface area contributed by atoms with Gasteiger partial charge in [-0.2, -0.15) is 0 Å². The number of halogens is 1. The maximum atomic E-state index is 6.07. The molecule has 0 aliphatic rings. The predicted molar refractivity (Wildman–Crippen MR) is 60.2 cm³/mol. The van der Waals surface area contributed by atoms with Gasteiger partial charge in [0.2, 0.25) is 0 Å². The van der Waals surface area contributed by atoms with Crippen LogP contribution in [0.1, 0.15) is 25.6 Å². The fraction of sp³-hybridized carbons (Fsp3) is 0.444. The lowest BCUT2D eigenvalue weighted by Gasteiger charge is -2.11. The topological polar surface area (TPSA) is 29.3 Å². The molecule has 2 aromatic heterocycles. The molecule has 2 rings (SSSR count). The largest absolute Gasteiger partial charge is 0.309 e. The lowest BCUT2D eigenvalue weighted by molar-refractivity contribution is 0.580. The van der Waals surface area contributed by atoms with Crippen LogP contribution in [0, 0.1) is 0 Å². The molecule has 0 fully saturated rings. The minimum atomic E-state index is 0.233. The van der Waals surface area contributed by atoms with E-state index in [1.165, 1.54) is 0 Å². The minimum absolute atomic E-state index is 0.233. The molecule has 14 heavy (non-hydrogen) atoms. The summed E-state index contributed by atoms with van der Waals surface area (Å²) in [5.74, 6) is 0. The van der Waals surface area contributed by atoms with Gasteiger partial charge < -0.3 is 5.32 Å². The zero-order chi connectivity index (χ0) is 10.1. The number of nitrogens with one attached hydrogen (secondary N) is 1. The molecule has 5 heteroatoms. The molecule has 0 saturated carbocycles. The van der Waals surface area contributed by atoms with Crippen molar-refractivity contribution in [2.45, 2.75) is 19.9 Å². The Morgan fingerprint density at radius 2 is 2.50 bits per heavy atom. The summed E-state index contributed by atoms with van der Waals surface area (Å²) in [6.45, 7) is 5.10. The van der Waals surface area contributed by atoms with Gasteiger partial charge in [0.1, 0.15) is 0 Å². The molecule has 0 radical (unpaired) electrons. The van der Waals surface area contributed by atoms with Crippen LogP contribution in [0.25, 0.3) is 4.96 Å². The van der Waals surface area contributed by atoms with E-state index >= 15 is 0 Å². The predicted octanol–water partition coefficient (Wildman–Crippen LogP) is 2.72. The lowest BCUT2D eigenvalue weighted by atomic mass is 10.2. The van der Waals surface area contributed by atoms with Crippen LogP contribution < -0.4 is 5.32 Å². The second kappa shape index (κ2) is 3.88. The van der Waals surface area contributed by atoms with Crippen molar-refractivity contribution in [3.63, 3.8) is 0 Å². The number of hydrogen-bond acceptors (Lipinski definition) is 3. The van der Waals surface area contributed by atoms with Crippen molar-refractivity contribution in [2.24, 2.45) is 0 Å². The Hall–Kier alpha value is -0.580. The Bertz CT molecular complexity index is 434. The zero-order valence-electron chi connectivity index (χ0n) is 8.12. The molecule has 0 aromatic carbocycles. The van der Waals surface area contributed by atoms with Crippen molar-refractivity contribution in [2.75, 3.05) is 6.54 Å². The molecule has 0 saturated heterocycles. The molecule has 0 aliphatic carbocycles. The molecule has 2 heterocycles. The van der Waals surface area contributed by atoms with Gasteiger partial charge in [0.25, 0.3) is 0 Å².